The number of nitrogens with two attached hydrogens (primary N) is 1. The van der Waals surface area contributed by atoms with E-state index >= 15 is 0 Å². The molecular formula is C13H11BrClN3O. The third-order valence-electron chi connectivity index (χ3n) is 2.66. The summed E-state index contributed by atoms with van der Waals surface area (Å²) in [4.78, 5) is 16.0. The summed E-state index contributed by atoms with van der Waals surface area (Å²) in [6.07, 6.45) is 1.37. The molecule has 6 heteroatoms. The molecule has 1 aromatic carbocycles. The lowest BCUT2D eigenvalue weighted by molar-refractivity contribution is 0.102. The van der Waals surface area contributed by atoms with Crippen LogP contribution in [0.2, 0.25) is 5.15 Å². The molecule has 0 radical (unpaired) electrons. The van der Waals surface area contributed by atoms with Crippen molar-refractivity contribution in [2.45, 2.75) is 6.92 Å². The molecule has 0 bridgehead atoms. The van der Waals surface area contributed by atoms with Gasteiger partial charge in [0, 0.05) is 10.2 Å². The van der Waals surface area contributed by atoms with Gasteiger partial charge in [0.05, 0.1) is 17.4 Å². The quantitative estimate of drug-likeness (QED) is 0.820. The van der Waals surface area contributed by atoms with E-state index in [1.165, 1.54) is 12.3 Å². The molecule has 2 aromatic rings. The molecule has 0 aliphatic rings. The first-order chi connectivity index (χ1) is 8.99. The summed E-state index contributed by atoms with van der Waals surface area (Å²) >= 11 is 9.18. The molecule has 0 atom stereocenters. The molecular weight excluding hydrogens is 330 g/mol. The first kappa shape index (κ1) is 13.8. The first-order valence-corrected chi connectivity index (χ1v) is 6.63. The molecule has 3 N–H and O–H groups in total. The topological polar surface area (TPSA) is 68.0 Å². The molecule has 1 aromatic heterocycles. The summed E-state index contributed by atoms with van der Waals surface area (Å²) in [5.74, 6) is -0.317. The fraction of sp³-hybridized carbons (Fsp3) is 0.0769. The summed E-state index contributed by atoms with van der Waals surface area (Å²) in [5, 5.41) is 3.03. The average molecular weight is 341 g/mol. The minimum absolute atomic E-state index is 0.227. The zero-order valence-corrected chi connectivity index (χ0v) is 12.4. The molecule has 0 aliphatic heterocycles. The van der Waals surface area contributed by atoms with Gasteiger partial charge in [-0.2, -0.15) is 0 Å². The Morgan fingerprint density at radius 1 is 1.47 bits per heavy atom. The minimum atomic E-state index is -0.317. The number of nitrogen functional groups attached to an aromatic ring is 1. The van der Waals surface area contributed by atoms with Gasteiger partial charge in [-0.05, 0) is 30.7 Å². The number of aromatic nitrogens is 1. The maximum absolute atomic E-state index is 12.2. The van der Waals surface area contributed by atoms with Crippen LogP contribution in [0.25, 0.3) is 0 Å². The number of carbonyl (C=O) groups is 1. The van der Waals surface area contributed by atoms with Crippen molar-refractivity contribution in [3.05, 3.63) is 51.2 Å². The Balaban J connectivity index is 2.31. The normalized spacial score (nSPS) is 10.3. The van der Waals surface area contributed by atoms with E-state index in [1.54, 1.807) is 0 Å². The molecule has 1 heterocycles. The minimum Gasteiger partial charge on any atom is -0.397 e. The van der Waals surface area contributed by atoms with Crippen LogP contribution in [0.3, 0.4) is 0 Å². The smallest absolute Gasteiger partial charge is 0.257 e. The predicted octanol–water partition coefficient (Wildman–Crippen LogP) is 3.64. The summed E-state index contributed by atoms with van der Waals surface area (Å²) < 4.78 is 0.922. The monoisotopic (exact) mass is 339 g/mol. The van der Waals surface area contributed by atoms with E-state index in [2.05, 4.69) is 26.2 Å². The highest BCUT2D eigenvalue weighted by molar-refractivity contribution is 9.10. The fourth-order valence-corrected chi connectivity index (χ4v) is 2.09. The molecule has 98 valence electrons. The molecule has 0 aliphatic carbocycles. The van der Waals surface area contributed by atoms with Crippen LogP contribution in [0.1, 0.15) is 15.9 Å². The van der Waals surface area contributed by atoms with Gasteiger partial charge in [0.15, 0.2) is 0 Å². The second-order valence-electron chi connectivity index (χ2n) is 3.96. The number of rotatable bonds is 2. The second-order valence-corrected chi connectivity index (χ2v) is 5.20. The zero-order chi connectivity index (χ0) is 14.0. The van der Waals surface area contributed by atoms with Gasteiger partial charge in [0.2, 0.25) is 0 Å². The summed E-state index contributed by atoms with van der Waals surface area (Å²) in [6.45, 7) is 1.91. The molecule has 4 nitrogen and oxygen atoms in total. The van der Waals surface area contributed by atoms with Crippen LogP contribution in [-0.2, 0) is 0 Å². The van der Waals surface area contributed by atoms with Gasteiger partial charge in [0.25, 0.3) is 5.91 Å². The highest BCUT2D eigenvalue weighted by Crippen LogP contribution is 2.24. The van der Waals surface area contributed by atoms with Crippen molar-refractivity contribution in [2.24, 2.45) is 0 Å². The lowest BCUT2D eigenvalue weighted by atomic mass is 10.1. The van der Waals surface area contributed by atoms with Crippen molar-refractivity contribution in [2.75, 3.05) is 11.1 Å². The van der Waals surface area contributed by atoms with E-state index in [1.807, 2.05) is 25.1 Å². The van der Waals surface area contributed by atoms with E-state index in [9.17, 15) is 4.79 Å². The molecule has 0 spiro atoms. The Kier molecular flexibility index (Phi) is 4.07. The number of hydrogen-bond donors (Lipinski definition) is 2. The number of nitrogens with zero attached hydrogens (tertiary/aromatic N) is 1. The number of benzene rings is 1. The van der Waals surface area contributed by atoms with Crippen LogP contribution in [0.15, 0.2) is 34.9 Å². The lowest BCUT2D eigenvalue weighted by Gasteiger charge is -2.10. The number of amides is 1. The number of pyridine rings is 1. The molecule has 0 saturated carbocycles. The van der Waals surface area contributed by atoms with Gasteiger partial charge in [-0.15, -0.1) is 0 Å². The van der Waals surface area contributed by atoms with Crippen molar-refractivity contribution in [3.8, 4) is 0 Å². The number of nitrogens with one attached hydrogen (secondary N) is 1. The van der Waals surface area contributed by atoms with Gasteiger partial charge in [-0.1, -0.05) is 33.6 Å². The van der Waals surface area contributed by atoms with E-state index < -0.39 is 0 Å². The van der Waals surface area contributed by atoms with Crippen LogP contribution in [0.4, 0.5) is 11.4 Å². The summed E-state index contributed by atoms with van der Waals surface area (Å²) in [7, 11) is 0. The van der Waals surface area contributed by atoms with Crippen molar-refractivity contribution in [1.82, 2.24) is 4.98 Å². The van der Waals surface area contributed by atoms with Crippen LogP contribution in [0, 0.1) is 6.92 Å². The highest BCUT2D eigenvalue weighted by Gasteiger charge is 2.13. The van der Waals surface area contributed by atoms with Crippen molar-refractivity contribution >= 4 is 44.8 Å². The first-order valence-electron chi connectivity index (χ1n) is 5.46. The molecule has 1 amide bonds. The Hall–Kier alpha value is -1.59. The number of hydrogen-bond acceptors (Lipinski definition) is 3. The average Bonchev–Trinajstić information content (AvgIpc) is 2.38. The largest absolute Gasteiger partial charge is 0.397 e. The predicted molar refractivity (Wildman–Crippen MR) is 80.5 cm³/mol. The van der Waals surface area contributed by atoms with Crippen LogP contribution < -0.4 is 11.1 Å². The fourth-order valence-electron chi connectivity index (χ4n) is 1.57. The van der Waals surface area contributed by atoms with E-state index in [0.29, 0.717) is 11.3 Å². The van der Waals surface area contributed by atoms with Crippen molar-refractivity contribution in [3.63, 3.8) is 0 Å². The zero-order valence-electron chi connectivity index (χ0n) is 10.1. The van der Waals surface area contributed by atoms with Crippen LogP contribution in [-0.4, -0.2) is 10.9 Å². The molecule has 0 unspecified atom stereocenters. The number of halogens is 2. The molecule has 2 rings (SSSR count). The summed E-state index contributed by atoms with van der Waals surface area (Å²) in [6, 6.07) is 7.01. The third kappa shape index (κ3) is 3.05. The maximum atomic E-state index is 12.2. The second kappa shape index (κ2) is 5.59. The van der Waals surface area contributed by atoms with E-state index in [-0.39, 0.29) is 16.7 Å². The van der Waals surface area contributed by atoms with Gasteiger partial charge in [-0.25, -0.2) is 4.98 Å². The number of carbonyl (C=O) groups excluding carboxylic acids is 1. The van der Waals surface area contributed by atoms with Crippen molar-refractivity contribution in [1.29, 1.82) is 0 Å². The van der Waals surface area contributed by atoms with Gasteiger partial charge in [-0.3, -0.25) is 4.79 Å². The third-order valence-corrected chi connectivity index (χ3v) is 3.73. The van der Waals surface area contributed by atoms with Crippen LogP contribution in [0.5, 0.6) is 0 Å². The SMILES string of the molecule is Cc1c(Br)cccc1NC(=O)c1cc(Cl)ncc1N. The van der Waals surface area contributed by atoms with Crippen LogP contribution >= 0.6 is 27.5 Å². The Morgan fingerprint density at radius 2 is 2.21 bits per heavy atom. The maximum Gasteiger partial charge on any atom is 0.257 e. The van der Waals surface area contributed by atoms with Gasteiger partial charge in [0.1, 0.15) is 5.15 Å². The molecule has 0 saturated heterocycles. The highest BCUT2D eigenvalue weighted by atomic mass is 79.9. The van der Waals surface area contributed by atoms with E-state index in [4.69, 9.17) is 17.3 Å². The Labute approximate surface area is 124 Å². The lowest BCUT2D eigenvalue weighted by Crippen LogP contribution is -2.15. The van der Waals surface area contributed by atoms with Crippen molar-refractivity contribution < 1.29 is 4.79 Å². The Bertz CT molecular complexity index is 646. The molecule has 0 fully saturated rings. The Morgan fingerprint density at radius 3 is 2.95 bits per heavy atom. The molecule has 19 heavy (non-hydrogen) atoms. The van der Waals surface area contributed by atoms with Gasteiger partial charge >= 0.3 is 0 Å². The summed E-state index contributed by atoms with van der Waals surface area (Å²) in [5.41, 5.74) is 7.97. The number of anilines is 2. The van der Waals surface area contributed by atoms with E-state index in [0.717, 1.165) is 10.0 Å². The standard InChI is InChI=1S/C13H11BrClN3O/c1-7-9(14)3-2-4-11(7)18-13(19)8-5-12(15)17-6-10(8)16/h2-6H,16H2,1H3,(H,18,19). The van der Waals surface area contributed by atoms with Gasteiger partial charge < -0.3 is 11.1 Å².